The molecule has 0 aliphatic rings. The molecule has 0 radical (unpaired) electrons. The van der Waals surface area contributed by atoms with E-state index in [0.29, 0.717) is 23.5 Å². The SMILES string of the molecule is CCCCCC(C(=O)NCNC(=O)c1ccc(-c2cc(O)c(C(=O)O)c(OCC)c2)o1)C(CC)N(O)C=O. The molecule has 0 bridgehead atoms. The Morgan fingerprint density at radius 3 is 2.47 bits per heavy atom. The van der Waals surface area contributed by atoms with E-state index in [9.17, 15) is 34.6 Å². The summed E-state index contributed by atoms with van der Waals surface area (Å²) in [7, 11) is 0. The second kappa shape index (κ2) is 14.6. The number of carbonyl (C=O) groups is 4. The van der Waals surface area contributed by atoms with Gasteiger partial charge in [0.25, 0.3) is 5.91 Å². The molecule has 208 valence electrons. The van der Waals surface area contributed by atoms with Crippen molar-refractivity contribution in [2.24, 2.45) is 5.92 Å². The number of amides is 3. The van der Waals surface area contributed by atoms with Gasteiger partial charge in [-0.3, -0.25) is 19.6 Å². The molecule has 0 aliphatic carbocycles. The van der Waals surface area contributed by atoms with Crippen LogP contribution in [-0.2, 0) is 9.59 Å². The molecule has 0 spiro atoms. The van der Waals surface area contributed by atoms with Crippen LogP contribution in [-0.4, -0.2) is 64.0 Å². The summed E-state index contributed by atoms with van der Waals surface area (Å²) in [4.78, 5) is 47.9. The molecule has 0 saturated heterocycles. The van der Waals surface area contributed by atoms with Crippen molar-refractivity contribution in [2.45, 2.75) is 58.9 Å². The number of rotatable bonds is 16. The maximum atomic E-state index is 12.8. The van der Waals surface area contributed by atoms with E-state index in [1.165, 1.54) is 24.3 Å². The van der Waals surface area contributed by atoms with Gasteiger partial charge < -0.3 is 30.0 Å². The predicted molar refractivity (Wildman–Crippen MR) is 136 cm³/mol. The molecule has 1 aromatic heterocycles. The van der Waals surface area contributed by atoms with Crippen molar-refractivity contribution in [3.05, 3.63) is 35.6 Å². The van der Waals surface area contributed by atoms with E-state index in [-0.39, 0.29) is 42.5 Å². The number of hydrogen-bond acceptors (Lipinski definition) is 8. The zero-order chi connectivity index (χ0) is 28.2. The molecular weight excluding hydrogens is 498 g/mol. The average Bonchev–Trinajstić information content (AvgIpc) is 3.38. The van der Waals surface area contributed by atoms with Crippen molar-refractivity contribution < 1.29 is 43.8 Å². The first-order valence-corrected chi connectivity index (χ1v) is 12.5. The Morgan fingerprint density at radius 1 is 1.13 bits per heavy atom. The Balaban J connectivity index is 2.08. The second-order valence-electron chi connectivity index (χ2n) is 8.56. The molecule has 3 amide bonds. The first-order chi connectivity index (χ1) is 18.2. The Hall–Kier alpha value is -4.06. The number of furan rings is 1. The summed E-state index contributed by atoms with van der Waals surface area (Å²) in [5.74, 6) is -3.50. The zero-order valence-electron chi connectivity index (χ0n) is 21.7. The molecule has 2 rings (SSSR count). The fourth-order valence-electron chi connectivity index (χ4n) is 4.12. The molecule has 2 aromatic rings. The normalized spacial score (nSPS) is 12.3. The van der Waals surface area contributed by atoms with Gasteiger partial charge in [0.05, 0.1) is 25.2 Å². The van der Waals surface area contributed by atoms with Crippen LogP contribution in [0.3, 0.4) is 0 Å². The highest BCUT2D eigenvalue weighted by molar-refractivity contribution is 5.95. The number of nitrogens with one attached hydrogen (secondary N) is 2. The number of aromatic carboxylic acids is 1. The van der Waals surface area contributed by atoms with Gasteiger partial charge in [-0.05, 0) is 44.0 Å². The molecule has 1 aromatic carbocycles. The molecule has 1 heterocycles. The van der Waals surface area contributed by atoms with Gasteiger partial charge in [0.2, 0.25) is 12.3 Å². The van der Waals surface area contributed by atoms with E-state index < -0.39 is 35.5 Å². The van der Waals surface area contributed by atoms with Crippen LogP contribution in [0.5, 0.6) is 11.5 Å². The Labute approximate surface area is 220 Å². The number of carboxylic acid groups (broad SMARTS) is 1. The first-order valence-electron chi connectivity index (χ1n) is 12.5. The number of phenols is 1. The van der Waals surface area contributed by atoms with Gasteiger partial charge in [0.1, 0.15) is 22.8 Å². The minimum absolute atomic E-state index is 0.0463. The minimum atomic E-state index is -1.35. The van der Waals surface area contributed by atoms with Gasteiger partial charge >= 0.3 is 5.97 Å². The third-order valence-electron chi connectivity index (χ3n) is 6.01. The lowest BCUT2D eigenvalue weighted by molar-refractivity contribution is -0.168. The van der Waals surface area contributed by atoms with Gasteiger partial charge in [-0.2, -0.15) is 0 Å². The fraction of sp³-hybridized carbons (Fsp3) is 0.462. The van der Waals surface area contributed by atoms with Crippen molar-refractivity contribution in [1.82, 2.24) is 15.7 Å². The summed E-state index contributed by atoms with van der Waals surface area (Å²) in [6.45, 7) is 5.41. The second-order valence-corrected chi connectivity index (χ2v) is 8.56. The zero-order valence-corrected chi connectivity index (χ0v) is 21.7. The lowest BCUT2D eigenvalue weighted by Gasteiger charge is -2.29. The third-order valence-corrected chi connectivity index (χ3v) is 6.01. The van der Waals surface area contributed by atoms with Crippen molar-refractivity contribution in [3.63, 3.8) is 0 Å². The van der Waals surface area contributed by atoms with Crippen LogP contribution in [0.4, 0.5) is 0 Å². The van der Waals surface area contributed by atoms with Crippen molar-refractivity contribution in [1.29, 1.82) is 0 Å². The molecular formula is C26H35N3O9. The molecule has 2 atom stereocenters. The van der Waals surface area contributed by atoms with Crippen molar-refractivity contribution in [2.75, 3.05) is 13.3 Å². The summed E-state index contributed by atoms with van der Waals surface area (Å²) in [6.07, 6.45) is 3.70. The van der Waals surface area contributed by atoms with Crippen LogP contribution in [0.2, 0.25) is 0 Å². The Bertz CT molecular complexity index is 1120. The number of nitrogens with zero attached hydrogens (tertiary/aromatic N) is 1. The number of hydrogen-bond donors (Lipinski definition) is 5. The minimum Gasteiger partial charge on any atom is -0.507 e. The third kappa shape index (κ3) is 7.72. The topological polar surface area (TPSA) is 179 Å². The highest BCUT2D eigenvalue weighted by Gasteiger charge is 2.30. The van der Waals surface area contributed by atoms with E-state index in [1.54, 1.807) is 13.8 Å². The van der Waals surface area contributed by atoms with Crippen LogP contribution in [0.15, 0.2) is 28.7 Å². The van der Waals surface area contributed by atoms with Crippen LogP contribution >= 0.6 is 0 Å². The Kier molecular flexibility index (Phi) is 11.6. The Morgan fingerprint density at radius 2 is 1.87 bits per heavy atom. The molecule has 0 saturated carbocycles. The number of aromatic hydroxyl groups is 1. The largest absolute Gasteiger partial charge is 0.507 e. The molecule has 5 N–H and O–H groups in total. The summed E-state index contributed by atoms with van der Waals surface area (Å²) >= 11 is 0. The van der Waals surface area contributed by atoms with Crippen molar-refractivity contribution in [3.8, 4) is 22.8 Å². The predicted octanol–water partition coefficient (Wildman–Crippen LogP) is 3.38. The maximum Gasteiger partial charge on any atom is 0.343 e. The van der Waals surface area contributed by atoms with E-state index in [0.717, 1.165) is 19.3 Å². The number of hydroxylamine groups is 2. The molecule has 38 heavy (non-hydrogen) atoms. The van der Waals surface area contributed by atoms with Gasteiger partial charge in [-0.15, -0.1) is 0 Å². The molecule has 0 aliphatic heterocycles. The maximum absolute atomic E-state index is 12.8. The highest BCUT2D eigenvalue weighted by Crippen LogP contribution is 2.35. The number of carboxylic acids is 1. The lowest BCUT2D eigenvalue weighted by Crippen LogP contribution is -2.47. The number of benzene rings is 1. The van der Waals surface area contributed by atoms with E-state index >= 15 is 0 Å². The number of carbonyl (C=O) groups excluding carboxylic acids is 3. The first kappa shape index (κ1) is 30.2. The standard InChI is InChI=1S/C26H35N3O9/c1-4-7-8-9-17(18(5-2)29(36)15-30)24(32)27-14-28-25(33)21-11-10-20(38-21)16-12-19(31)23(26(34)35)22(13-16)37-6-3/h10-13,15,17-18,31,36H,4-9,14H2,1-3H3,(H,27,32)(H,28,33)(H,34,35). The molecule has 12 heteroatoms. The van der Waals surface area contributed by atoms with Gasteiger partial charge in [0.15, 0.2) is 5.76 Å². The molecule has 12 nitrogen and oxygen atoms in total. The number of unbranched alkanes of at least 4 members (excludes halogenated alkanes) is 2. The van der Waals surface area contributed by atoms with Crippen LogP contribution < -0.4 is 15.4 Å². The average molecular weight is 534 g/mol. The van der Waals surface area contributed by atoms with Crippen LogP contribution in [0.1, 0.15) is 73.8 Å². The number of ether oxygens (including phenoxy) is 1. The summed E-state index contributed by atoms with van der Waals surface area (Å²) in [5, 5.41) is 35.1. The fourth-order valence-corrected chi connectivity index (χ4v) is 4.12. The smallest absolute Gasteiger partial charge is 0.343 e. The van der Waals surface area contributed by atoms with Gasteiger partial charge in [-0.25, -0.2) is 9.86 Å². The summed E-state index contributed by atoms with van der Waals surface area (Å²) < 4.78 is 10.9. The van der Waals surface area contributed by atoms with E-state index in [1.807, 2.05) is 6.92 Å². The van der Waals surface area contributed by atoms with E-state index in [2.05, 4.69) is 10.6 Å². The molecule has 2 unspecified atom stereocenters. The molecule has 0 fully saturated rings. The summed E-state index contributed by atoms with van der Waals surface area (Å²) in [6, 6.07) is 4.75. The lowest BCUT2D eigenvalue weighted by atomic mass is 9.90. The van der Waals surface area contributed by atoms with Crippen LogP contribution in [0, 0.1) is 5.92 Å². The van der Waals surface area contributed by atoms with Crippen LogP contribution in [0.25, 0.3) is 11.3 Å². The summed E-state index contributed by atoms with van der Waals surface area (Å²) in [5.41, 5.74) is -0.0841. The highest BCUT2D eigenvalue weighted by atomic mass is 16.5. The van der Waals surface area contributed by atoms with Gasteiger partial charge in [0, 0.05) is 5.56 Å². The van der Waals surface area contributed by atoms with Crippen molar-refractivity contribution >= 4 is 24.2 Å². The van der Waals surface area contributed by atoms with Gasteiger partial charge in [-0.1, -0.05) is 33.1 Å². The van der Waals surface area contributed by atoms with E-state index in [4.69, 9.17) is 9.15 Å². The monoisotopic (exact) mass is 533 g/mol. The quantitative estimate of drug-likeness (QED) is 0.0711.